The molecule has 6 heteroatoms. The predicted octanol–water partition coefficient (Wildman–Crippen LogP) is 2.38. The van der Waals surface area contributed by atoms with Crippen molar-refractivity contribution in [3.05, 3.63) is 54.0 Å². The van der Waals surface area contributed by atoms with Crippen LogP contribution in [0.3, 0.4) is 0 Å². The van der Waals surface area contributed by atoms with Crippen molar-refractivity contribution in [1.29, 1.82) is 0 Å². The van der Waals surface area contributed by atoms with Crippen molar-refractivity contribution in [3.63, 3.8) is 0 Å². The Kier molecular flexibility index (Phi) is 5.63. The maximum absolute atomic E-state index is 12.1. The highest BCUT2D eigenvalue weighted by molar-refractivity contribution is 7.89. The summed E-state index contributed by atoms with van der Waals surface area (Å²) in [6, 6.07) is 9.08. The van der Waals surface area contributed by atoms with Gasteiger partial charge in [-0.1, -0.05) is 12.1 Å². The summed E-state index contributed by atoms with van der Waals surface area (Å²) in [5.74, 6) is 0.827. The van der Waals surface area contributed by atoms with E-state index in [2.05, 4.69) is 4.72 Å². The molecule has 0 aliphatic heterocycles. The van der Waals surface area contributed by atoms with Crippen molar-refractivity contribution < 1.29 is 17.6 Å². The standard InChI is InChI=1S/C16H21NO4S/c1-13(11-15-7-9-21-12-15)17-22(18,19)10-8-14-3-5-16(20-2)6-4-14/h3-7,9,12-13,17H,8,10-11H2,1-2H3/t13-/m0/s1. The van der Waals surface area contributed by atoms with Crippen LogP contribution in [0.15, 0.2) is 47.3 Å². The van der Waals surface area contributed by atoms with Crippen LogP contribution < -0.4 is 9.46 Å². The molecule has 1 atom stereocenters. The number of benzene rings is 1. The van der Waals surface area contributed by atoms with Gasteiger partial charge in [-0.15, -0.1) is 0 Å². The van der Waals surface area contributed by atoms with Gasteiger partial charge in [-0.05, 0) is 49.1 Å². The van der Waals surface area contributed by atoms with E-state index in [-0.39, 0.29) is 11.8 Å². The summed E-state index contributed by atoms with van der Waals surface area (Å²) in [5.41, 5.74) is 1.94. The molecule has 1 heterocycles. The second kappa shape index (κ2) is 7.47. The minimum atomic E-state index is -3.31. The maximum Gasteiger partial charge on any atom is 0.212 e. The van der Waals surface area contributed by atoms with Crippen LogP contribution in [-0.4, -0.2) is 27.3 Å². The Morgan fingerprint density at radius 3 is 2.50 bits per heavy atom. The van der Waals surface area contributed by atoms with Crippen LogP contribution in [0.25, 0.3) is 0 Å². The lowest BCUT2D eigenvalue weighted by Crippen LogP contribution is -2.36. The number of aryl methyl sites for hydroxylation is 1. The summed E-state index contributed by atoms with van der Waals surface area (Å²) in [4.78, 5) is 0. The third-order valence-corrected chi connectivity index (χ3v) is 4.82. The van der Waals surface area contributed by atoms with Gasteiger partial charge in [0, 0.05) is 6.04 Å². The van der Waals surface area contributed by atoms with Crippen molar-refractivity contribution in [1.82, 2.24) is 4.72 Å². The fraction of sp³-hybridized carbons (Fsp3) is 0.375. The average molecular weight is 323 g/mol. The summed E-state index contributed by atoms with van der Waals surface area (Å²) in [5, 5.41) is 0. The molecule has 0 bridgehead atoms. The molecule has 0 amide bonds. The van der Waals surface area contributed by atoms with Crippen LogP contribution >= 0.6 is 0 Å². The summed E-state index contributed by atoms with van der Waals surface area (Å²) >= 11 is 0. The van der Waals surface area contributed by atoms with Gasteiger partial charge in [0.25, 0.3) is 0 Å². The van der Waals surface area contributed by atoms with E-state index < -0.39 is 10.0 Å². The first-order valence-corrected chi connectivity index (χ1v) is 8.78. The number of rotatable bonds is 8. The van der Waals surface area contributed by atoms with Crippen LogP contribution in [0.5, 0.6) is 5.75 Å². The fourth-order valence-electron chi connectivity index (χ4n) is 2.21. The van der Waals surface area contributed by atoms with Crippen LogP contribution in [0.2, 0.25) is 0 Å². The molecular formula is C16H21NO4S. The first-order valence-electron chi connectivity index (χ1n) is 7.12. The molecule has 0 fully saturated rings. The Morgan fingerprint density at radius 2 is 1.91 bits per heavy atom. The lowest BCUT2D eigenvalue weighted by Gasteiger charge is -2.13. The van der Waals surface area contributed by atoms with Crippen LogP contribution in [-0.2, 0) is 22.9 Å². The normalized spacial score (nSPS) is 13.0. The number of furan rings is 1. The van der Waals surface area contributed by atoms with E-state index in [1.807, 2.05) is 37.3 Å². The zero-order valence-electron chi connectivity index (χ0n) is 12.8. The van der Waals surface area contributed by atoms with Crippen LogP contribution in [0, 0.1) is 0 Å². The van der Waals surface area contributed by atoms with Crippen LogP contribution in [0.1, 0.15) is 18.1 Å². The molecule has 1 aromatic carbocycles. The zero-order chi connectivity index (χ0) is 16.0. The number of methoxy groups -OCH3 is 1. The maximum atomic E-state index is 12.1. The van der Waals surface area contributed by atoms with E-state index in [9.17, 15) is 8.42 Å². The SMILES string of the molecule is COc1ccc(CCS(=O)(=O)N[C@@H](C)Cc2ccoc2)cc1. The summed E-state index contributed by atoms with van der Waals surface area (Å²) in [6.45, 7) is 1.85. The van der Waals surface area contributed by atoms with Gasteiger partial charge in [-0.2, -0.15) is 0 Å². The molecule has 2 rings (SSSR count). The Balaban J connectivity index is 1.84. The molecule has 0 saturated heterocycles. The fourth-order valence-corrected chi connectivity index (χ4v) is 3.53. The molecule has 0 spiro atoms. The highest BCUT2D eigenvalue weighted by atomic mass is 32.2. The van der Waals surface area contributed by atoms with Gasteiger partial charge in [0.2, 0.25) is 10.0 Å². The molecule has 0 aliphatic carbocycles. The topological polar surface area (TPSA) is 68.5 Å². The van der Waals surface area contributed by atoms with E-state index in [0.717, 1.165) is 16.9 Å². The lowest BCUT2D eigenvalue weighted by molar-refractivity contribution is 0.414. The summed E-state index contributed by atoms with van der Waals surface area (Å²) < 4.78 is 37.0. The van der Waals surface area contributed by atoms with Crippen molar-refractivity contribution in [2.24, 2.45) is 0 Å². The van der Waals surface area contributed by atoms with Crippen molar-refractivity contribution in [2.45, 2.75) is 25.8 Å². The molecular weight excluding hydrogens is 302 g/mol. The zero-order valence-corrected chi connectivity index (χ0v) is 13.6. The quantitative estimate of drug-likeness (QED) is 0.810. The first kappa shape index (κ1) is 16.6. The van der Waals surface area contributed by atoms with Crippen LogP contribution in [0.4, 0.5) is 0 Å². The molecule has 0 radical (unpaired) electrons. The second-order valence-corrected chi connectivity index (χ2v) is 7.15. The van der Waals surface area contributed by atoms with Gasteiger partial charge in [0.05, 0.1) is 25.4 Å². The monoisotopic (exact) mass is 323 g/mol. The van der Waals surface area contributed by atoms with E-state index in [0.29, 0.717) is 12.8 Å². The van der Waals surface area contributed by atoms with E-state index in [4.69, 9.17) is 9.15 Å². The molecule has 0 unspecified atom stereocenters. The van der Waals surface area contributed by atoms with E-state index in [1.54, 1.807) is 19.6 Å². The van der Waals surface area contributed by atoms with E-state index in [1.165, 1.54) is 0 Å². The molecule has 120 valence electrons. The largest absolute Gasteiger partial charge is 0.497 e. The van der Waals surface area contributed by atoms with Gasteiger partial charge < -0.3 is 9.15 Å². The molecule has 5 nitrogen and oxygen atoms in total. The van der Waals surface area contributed by atoms with Crippen molar-refractivity contribution in [3.8, 4) is 5.75 Å². The Morgan fingerprint density at radius 1 is 1.18 bits per heavy atom. The number of nitrogens with one attached hydrogen (secondary N) is 1. The van der Waals surface area contributed by atoms with Crippen molar-refractivity contribution in [2.75, 3.05) is 12.9 Å². The Labute approximate surface area is 131 Å². The number of ether oxygens (including phenoxy) is 1. The Bertz CT molecular complexity index is 663. The average Bonchev–Trinajstić information content (AvgIpc) is 2.98. The van der Waals surface area contributed by atoms with Gasteiger partial charge in [-0.3, -0.25) is 0 Å². The predicted molar refractivity (Wildman–Crippen MR) is 85.5 cm³/mol. The smallest absolute Gasteiger partial charge is 0.212 e. The van der Waals surface area contributed by atoms with Gasteiger partial charge in [0.15, 0.2) is 0 Å². The molecule has 2 aromatic rings. The third kappa shape index (κ3) is 5.20. The molecule has 1 aromatic heterocycles. The minimum absolute atomic E-state index is 0.0645. The Hall–Kier alpha value is -1.79. The van der Waals surface area contributed by atoms with Gasteiger partial charge in [0.1, 0.15) is 5.75 Å². The first-order chi connectivity index (χ1) is 10.5. The number of hydrogen-bond donors (Lipinski definition) is 1. The molecule has 0 aliphatic rings. The molecule has 1 N–H and O–H groups in total. The second-order valence-electron chi connectivity index (χ2n) is 5.27. The van der Waals surface area contributed by atoms with E-state index >= 15 is 0 Å². The highest BCUT2D eigenvalue weighted by Crippen LogP contribution is 2.12. The lowest BCUT2D eigenvalue weighted by atomic mass is 10.1. The molecule has 0 saturated carbocycles. The van der Waals surface area contributed by atoms with Gasteiger partial charge in [-0.25, -0.2) is 13.1 Å². The summed E-state index contributed by atoms with van der Waals surface area (Å²) in [6.07, 6.45) is 4.29. The third-order valence-electron chi connectivity index (χ3n) is 3.32. The highest BCUT2D eigenvalue weighted by Gasteiger charge is 2.15. The minimum Gasteiger partial charge on any atom is -0.497 e. The number of sulfonamides is 1. The van der Waals surface area contributed by atoms with Gasteiger partial charge >= 0.3 is 0 Å². The molecule has 22 heavy (non-hydrogen) atoms. The summed E-state index contributed by atoms with van der Waals surface area (Å²) in [7, 11) is -1.71. The number of hydrogen-bond acceptors (Lipinski definition) is 4. The van der Waals surface area contributed by atoms with Crippen molar-refractivity contribution >= 4 is 10.0 Å².